The number of nitrogens with one attached hydrogen (secondary N) is 2. The molecule has 0 bridgehead atoms. The van der Waals surface area contributed by atoms with E-state index in [1.54, 1.807) is 0 Å². The number of benzene rings is 1. The lowest BCUT2D eigenvalue weighted by Crippen LogP contribution is -2.44. The molecular weight excluding hydrogens is 302 g/mol. The van der Waals surface area contributed by atoms with Crippen LogP contribution in [0.25, 0.3) is 10.9 Å². The molecule has 0 atom stereocenters. The molecular formula is C15H20BrN3. The molecule has 1 aromatic carbocycles. The van der Waals surface area contributed by atoms with E-state index >= 15 is 0 Å². The first kappa shape index (κ1) is 13.2. The molecule has 0 spiro atoms. The first-order valence-corrected chi connectivity index (χ1v) is 7.73. The van der Waals surface area contributed by atoms with E-state index in [-0.39, 0.29) is 0 Å². The Morgan fingerprint density at radius 1 is 1.26 bits per heavy atom. The Hall–Kier alpha value is -0.840. The largest absolute Gasteiger partial charge is 0.358 e. The highest BCUT2D eigenvalue weighted by atomic mass is 79.9. The van der Waals surface area contributed by atoms with Crippen LogP contribution in [0.4, 0.5) is 0 Å². The highest BCUT2D eigenvalue weighted by Gasteiger charge is 2.12. The van der Waals surface area contributed by atoms with Crippen molar-refractivity contribution < 1.29 is 0 Å². The molecule has 0 saturated carbocycles. The Morgan fingerprint density at radius 2 is 2.05 bits per heavy atom. The summed E-state index contributed by atoms with van der Waals surface area (Å²) in [5, 5.41) is 4.73. The van der Waals surface area contributed by atoms with Crippen molar-refractivity contribution in [2.45, 2.75) is 13.3 Å². The second-order valence-electron chi connectivity index (χ2n) is 5.26. The lowest BCUT2D eigenvalue weighted by Gasteiger charge is -2.26. The van der Waals surface area contributed by atoms with Crippen LogP contribution in [-0.2, 0) is 6.42 Å². The predicted molar refractivity (Wildman–Crippen MR) is 83.7 cm³/mol. The standard InChI is InChI=1S/C15H20BrN3/c1-11-13-10-12(16)2-3-15(13)18-14(11)4-7-19-8-5-17-6-9-19/h2-3,10,17-18H,4-9H2,1H3. The number of aromatic amines is 1. The maximum absolute atomic E-state index is 3.57. The van der Waals surface area contributed by atoms with Crippen molar-refractivity contribution in [3.8, 4) is 0 Å². The fourth-order valence-electron chi connectivity index (χ4n) is 2.81. The average Bonchev–Trinajstić information content (AvgIpc) is 2.74. The Balaban J connectivity index is 1.75. The molecule has 2 N–H and O–H groups in total. The number of halogens is 1. The zero-order valence-electron chi connectivity index (χ0n) is 11.3. The predicted octanol–water partition coefficient (Wildman–Crippen LogP) is 2.69. The normalized spacial score (nSPS) is 17.2. The molecule has 4 heteroatoms. The number of rotatable bonds is 3. The summed E-state index contributed by atoms with van der Waals surface area (Å²) in [5.41, 5.74) is 4.02. The van der Waals surface area contributed by atoms with Crippen molar-refractivity contribution in [3.05, 3.63) is 33.9 Å². The monoisotopic (exact) mass is 321 g/mol. The molecule has 1 aromatic heterocycles. The minimum Gasteiger partial charge on any atom is -0.358 e. The van der Waals surface area contributed by atoms with Gasteiger partial charge in [-0.3, -0.25) is 0 Å². The molecule has 0 radical (unpaired) electrons. The fraction of sp³-hybridized carbons (Fsp3) is 0.467. The van der Waals surface area contributed by atoms with Gasteiger partial charge in [-0.05, 0) is 30.7 Å². The second kappa shape index (κ2) is 5.65. The molecule has 2 heterocycles. The third-order valence-corrected chi connectivity index (χ3v) is 4.50. The Bertz CT molecular complexity index is 570. The van der Waals surface area contributed by atoms with Crippen molar-refractivity contribution in [3.63, 3.8) is 0 Å². The topological polar surface area (TPSA) is 31.1 Å². The molecule has 1 fully saturated rings. The van der Waals surface area contributed by atoms with Crippen LogP contribution in [-0.4, -0.2) is 42.6 Å². The number of aryl methyl sites for hydroxylation is 1. The summed E-state index contributed by atoms with van der Waals surface area (Å²) < 4.78 is 1.15. The number of hydrogen-bond acceptors (Lipinski definition) is 2. The number of H-pyrrole nitrogens is 1. The van der Waals surface area contributed by atoms with Gasteiger partial charge in [0, 0.05) is 60.2 Å². The van der Waals surface area contributed by atoms with Gasteiger partial charge in [-0.1, -0.05) is 15.9 Å². The van der Waals surface area contributed by atoms with Gasteiger partial charge in [0.15, 0.2) is 0 Å². The van der Waals surface area contributed by atoms with Crippen molar-refractivity contribution in [1.82, 2.24) is 15.2 Å². The quantitative estimate of drug-likeness (QED) is 0.910. The molecule has 102 valence electrons. The molecule has 0 unspecified atom stereocenters. The SMILES string of the molecule is Cc1c(CCN2CCNCC2)[nH]c2ccc(Br)cc12. The van der Waals surface area contributed by atoms with Crippen LogP contribution in [0.1, 0.15) is 11.3 Å². The number of hydrogen-bond donors (Lipinski definition) is 2. The fourth-order valence-corrected chi connectivity index (χ4v) is 3.17. The second-order valence-corrected chi connectivity index (χ2v) is 6.18. The van der Waals surface area contributed by atoms with Gasteiger partial charge in [0.2, 0.25) is 0 Å². The summed E-state index contributed by atoms with van der Waals surface area (Å²) in [6, 6.07) is 6.45. The van der Waals surface area contributed by atoms with E-state index in [9.17, 15) is 0 Å². The summed E-state index contributed by atoms with van der Waals surface area (Å²) in [7, 11) is 0. The van der Waals surface area contributed by atoms with Crippen molar-refractivity contribution >= 4 is 26.8 Å². The first-order valence-electron chi connectivity index (χ1n) is 6.94. The molecule has 0 aliphatic carbocycles. The van der Waals surface area contributed by atoms with Crippen LogP contribution in [0.3, 0.4) is 0 Å². The molecule has 3 rings (SSSR count). The Morgan fingerprint density at radius 3 is 2.84 bits per heavy atom. The molecule has 1 aliphatic heterocycles. The molecule has 0 amide bonds. The summed E-state index contributed by atoms with van der Waals surface area (Å²) in [6.45, 7) is 7.96. The minimum atomic E-state index is 1.11. The van der Waals surface area contributed by atoms with Crippen molar-refractivity contribution in [2.75, 3.05) is 32.7 Å². The van der Waals surface area contributed by atoms with Crippen LogP contribution >= 0.6 is 15.9 Å². The number of fused-ring (bicyclic) bond motifs is 1. The van der Waals surface area contributed by atoms with Crippen LogP contribution in [0, 0.1) is 6.92 Å². The van der Waals surface area contributed by atoms with E-state index in [0.29, 0.717) is 0 Å². The van der Waals surface area contributed by atoms with Gasteiger partial charge in [0.1, 0.15) is 0 Å². The number of aromatic nitrogens is 1. The maximum Gasteiger partial charge on any atom is 0.0459 e. The van der Waals surface area contributed by atoms with Gasteiger partial charge in [-0.2, -0.15) is 0 Å². The summed E-state index contributed by atoms with van der Waals surface area (Å²) >= 11 is 3.55. The lowest BCUT2D eigenvalue weighted by molar-refractivity contribution is 0.243. The van der Waals surface area contributed by atoms with Crippen molar-refractivity contribution in [1.29, 1.82) is 0 Å². The van der Waals surface area contributed by atoms with Gasteiger partial charge in [0.05, 0.1) is 0 Å². The van der Waals surface area contributed by atoms with E-state index < -0.39 is 0 Å². The van der Waals surface area contributed by atoms with Gasteiger partial charge in [0.25, 0.3) is 0 Å². The van der Waals surface area contributed by atoms with Crippen LogP contribution in [0.15, 0.2) is 22.7 Å². The highest BCUT2D eigenvalue weighted by molar-refractivity contribution is 9.10. The van der Waals surface area contributed by atoms with E-state index in [1.807, 2.05) is 0 Å². The Labute approximate surface area is 122 Å². The molecule has 2 aromatic rings. The van der Waals surface area contributed by atoms with Crippen LogP contribution in [0.2, 0.25) is 0 Å². The van der Waals surface area contributed by atoms with Gasteiger partial charge >= 0.3 is 0 Å². The number of piperazine rings is 1. The zero-order valence-corrected chi connectivity index (χ0v) is 12.9. The lowest BCUT2D eigenvalue weighted by atomic mass is 10.1. The Kier molecular flexibility index (Phi) is 3.91. The third kappa shape index (κ3) is 2.86. The average molecular weight is 322 g/mol. The third-order valence-electron chi connectivity index (χ3n) is 4.01. The molecule has 19 heavy (non-hydrogen) atoms. The van der Waals surface area contributed by atoms with E-state index in [0.717, 1.165) is 30.5 Å². The maximum atomic E-state index is 3.57. The van der Waals surface area contributed by atoms with E-state index in [2.05, 4.69) is 56.3 Å². The van der Waals surface area contributed by atoms with E-state index in [4.69, 9.17) is 0 Å². The molecule has 1 saturated heterocycles. The molecule has 3 nitrogen and oxygen atoms in total. The summed E-state index contributed by atoms with van der Waals surface area (Å²) in [6.07, 6.45) is 1.11. The van der Waals surface area contributed by atoms with Crippen LogP contribution < -0.4 is 5.32 Å². The summed E-state index contributed by atoms with van der Waals surface area (Å²) in [5.74, 6) is 0. The van der Waals surface area contributed by atoms with Gasteiger partial charge < -0.3 is 15.2 Å². The highest BCUT2D eigenvalue weighted by Crippen LogP contribution is 2.25. The smallest absolute Gasteiger partial charge is 0.0459 e. The van der Waals surface area contributed by atoms with Gasteiger partial charge in [-0.25, -0.2) is 0 Å². The van der Waals surface area contributed by atoms with Crippen molar-refractivity contribution in [2.24, 2.45) is 0 Å². The van der Waals surface area contributed by atoms with E-state index in [1.165, 1.54) is 35.2 Å². The number of nitrogens with zero attached hydrogens (tertiary/aromatic N) is 1. The minimum absolute atomic E-state index is 1.11. The summed E-state index contributed by atoms with van der Waals surface area (Å²) in [4.78, 5) is 6.11. The van der Waals surface area contributed by atoms with Gasteiger partial charge in [-0.15, -0.1) is 0 Å². The first-order chi connectivity index (χ1) is 9.24. The zero-order chi connectivity index (χ0) is 13.2. The van der Waals surface area contributed by atoms with Crippen LogP contribution in [0.5, 0.6) is 0 Å². The molecule has 1 aliphatic rings.